The third-order valence-electron chi connectivity index (χ3n) is 2.77. The van der Waals surface area contributed by atoms with Gasteiger partial charge in [0.15, 0.2) is 0 Å². The van der Waals surface area contributed by atoms with Crippen molar-refractivity contribution in [2.75, 3.05) is 32.9 Å². The van der Waals surface area contributed by atoms with Crippen molar-refractivity contribution in [1.29, 1.82) is 0 Å². The van der Waals surface area contributed by atoms with Crippen molar-refractivity contribution in [3.8, 4) is 0 Å². The van der Waals surface area contributed by atoms with Gasteiger partial charge in [0.1, 0.15) is 0 Å². The fraction of sp³-hybridized carbons (Fsp3) is 0.533. The molecule has 112 valence electrons. The summed E-state index contributed by atoms with van der Waals surface area (Å²) < 4.78 is 10.4. The Balaban J connectivity index is 2.07. The van der Waals surface area contributed by atoms with E-state index in [2.05, 4.69) is 5.32 Å². The molecule has 0 aliphatic rings. The summed E-state index contributed by atoms with van der Waals surface area (Å²) in [6, 6.07) is 9.94. The molecule has 0 fully saturated rings. The van der Waals surface area contributed by atoms with Gasteiger partial charge in [-0.15, -0.1) is 0 Å². The number of benzene rings is 1. The van der Waals surface area contributed by atoms with Gasteiger partial charge in [-0.25, -0.2) is 0 Å². The average molecular weight is 281 g/mol. The number of hydrogen-bond acceptors (Lipinski definition) is 5. The highest BCUT2D eigenvalue weighted by atomic mass is 16.5. The van der Waals surface area contributed by atoms with E-state index in [1.807, 2.05) is 30.3 Å². The molecule has 0 radical (unpaired) electrons. The highest BCUT2D eigenvalue weighted by molar-refractivity contribution is 5.72. The minimum absolute atomic E-state index is 0.212. The maximum absolute atomic E-state index is 11.4. The predicted molar refractivity (Wildman–Crippen MR) is 76.2 cm³/mol. The summed E-state index contributed by atoms with van der Waals surface area (Å²) in [7, 11) is 0. The maximum atomic E-state index is 11.4. The van der Waals surface area contributed by atoms with Gasteiger partial charge in [-0.1, -0.05) is 30.3 Å². The first kappa shape index (κ1) is 16.6. The van der Waals surface area contributed by atoms with Crippen LogP contribution in [0.15, 0.2) is 30.3 Å². The van der Waals surface area contributed by atoms with Gasteiger partial charge in [0.25, 0.3) is 0 Å². The molecule has 0 spiro atoms. The van der Waals surface area contributed by atoms with E-state index in [1.54, 1.807) is 6.92 Å². The molecular weight excluding hydrogens is 258 g/mol. The number of aliphatic hydroxyl groups excluding tert-OH is 1. The zero-order valence-corrected chi connectivity index (χ0v) is 11.9. The van der Waals surface area contributed by atoms with Gasteiger partial charge < -0.3 is 19.9 Å². The minimum atomic E-state index is -0.510. The first-order chi connectivity index (χ1) is 9.77. The molecule has 0 saturated heterocycles. The molecule has 1 unspecified atom stereocenters. The van der Waals surface area contributed by atoms with Crippen molar-refractivity contribution in [3.05, 3.63) is 35.9 Å². The lowest BCUT2D eigenvalue weighted by Gasteiger charge is -2.13. The van der Waals surface area contributed by atoms with Crippen LogP contribution in [0.3, 0.4) is 0 Å². The third-order valence-corrected chi connectivity index (χ3v) is 2.77. The standard InChI is InChI=1S/C15H23NO4/c1-2-20-15(18)14(11-17)10-16-8-9-19-12-13-6-4-3-5-7-13/h3-7,14,16-17H,2,8-12H2,1H3. The number of ether oxygens (including phenoxy) is 2. The van der Waals surface area contributed by atoms with Crippen LogP contribution in [0.2, 0.25) is 0 Å². The van der Waals surface area contributed by atoms with Crippen LogP contribution in [0.1, 0.15) is 12.5 Å². The lowest BCUT2D eigenvalue weighted by molar-refractivity contribution is -0.149. The van der Waals surface area contributed by atoms with E-state index in [0.29, 0.717) is 32.9 Å². The summed E-state index contributed by atoms with van der Waals surface area (Å²) in [5, 5.41) is 12.2. The number of hydrogen-bond donors (Lipinski definition) is 2. The summed E-state index contributed by atoms with van der Waals surface area (Å²) >= 11 is 0. The van der Waals surface area contributed by atoms with Crippen LogP contribution in [-0.2, 0) is 20.9 Å². The lowest BCUT2D eigenvalue weighted by Crippen LogP contribution is -2.34. The van der Waals surface area contributed by atoms with E-state index < -0.39 is 5.92 Å². The highest BCUT2D eigenvalue weighted by Gasteiger charge is 2.17. The Labute approximate surface area is 119 Å². The van der Waals surface area contributed by atoms with Crippen molar-refractivity contribution in [2.45, 2.75) is 13.5 Å². The van der Waals surface area contributed by atoms with Gasteiger partial charge in [0, 0.05) is 13.1 Å². The largest absolute Gasteiger partial charge is 0.466 e. The summed E-state index contributed by atoms with van der Waals surface area (Å²) in [5.41, 5.74) is 1.13. The quantitative estimate of drug-likeness (QED) is 0.494. The second-order valence-corrected chi connectivity index (χ2v) is 4.37. The SMILES string of the molecule is CCOC(=O)C(CO)CNCCOCc1ccccc1. The second-order valence-electron chi connectivity index (χ2n) is 4.37. The molecule has 0 aliphatic carbocycles. The Hall–Kier alpha value is -1.43. The van der Waals surface area contributed by atoms with E-state index in [0.717, 1.165) is 5.56 Å². The first-order valence-electron chi connectivity index (χ1n) is 6.87. The predicted octanol–water partition coefficient (Wildman–Crippen LogP) is 0.964. The summed E-state index contributed by atoms with van der Waals surface area (Å²) in [5.74, 6) is -0.878. The molecule has 1 atom stereocenters. The van der Waals surface area contributed by atoms with E-state index in [-0.39, 0.29) is 12.6 Å². The Kier molecular flexibility index (Phi) is 8.62. The van der Waals surface area contributed by atoms with Crippen molar-refractivity contribution >= 4 is 5.97 Å². The van der Waals surface area contributed by atoms with Crippen molar-refractivity contribution in [1.82, 2.24) is 5.32 Å². The third kappa shape index (κ3) is 6.65. The number of carbonyl (C=O) groups is 1. The zero-order chi connectivity index (χ0) is 14.6. The van der Waals surface area contributed by atoms with E-state index >= 15 is 0 Å². The molecule has 0 saturated carbocycles. The molecule has 1 aromatic carbocycles. The lowest BCUT2D eigenvalue weighted by atomic mass is 10.1. The number of rotatable bonds is 10. The maximum Gasteiger partial charge on any atom is 0.312 e. The smallest absolute Gasteiger partial charge is 0.312 e. The molecule has 0 amide bonds. The van der Waals surface area contributed by atoms with E-state index in [1.165, 1.54) is 0 Å². The van der Waals surface area contributed by atoms with Crippen molar-refractivity contribution in [3.63, 3.8) is 0 Å². The van der Waals surface area contributed by atoms with E-state index in [9.17, 15) is 4.79 Å². The molecular formula is C15H23NO4. The Morgan fingerprint density at radius 2 is 2.10 bits per heavy atom. The number of esters is 1. The van der Waals surface area contributed by atoms with Crippen LogP contribution in [-0.4, -0.2) is 44.0 Å². The molecule has 0 aliphatic heterocycles. The molecule has 1 rings (SSSR count). The normalized spacial score (nSPS) is 12.1. The van der Waals surface area contributed by atoms with Gasteiger partial charge >= 0.3 is 5.97 Å². The molecule has 1 aromatic rings. The summed E-state index contributed by atoms with van der Waals surface area (Å²) in [4.78, 5) is 11.4. The van der Waals surface area contributed by atoms with Crippen LogP contribution in [0, 0.1) is 5.92 Å². The van der Waals surface area contributed by atoms with Gasteiger partial charge in [0.05, 0.1) is 32.3 Å². The Morgan fingerprint density at radius 3 is 2.75 bits per heavy atom. The van der Waals surface area contributed by atoms with Crippen molar-refractivity contribution in [2.24, 2.45) is 5.92 Å². The van der Waals surface area contributed by atoms with Gasteiger partial charge in [0.2, 0.25) is 0 Å². The van der Waals surface area contributed by atoms with Gasteiger partial charge in [-0.05, 0) is 12.5 Å². The number of aliphatic hydroxyl groups is 1. The van der Waals surface area contributed by atoms with E-state index in [4.69, 9.17) is 14.6 Å². The molecule has 0 heterocycles. The molecule has 5 heteroatoms. The topological polar surface area (TPSA) is 67.8 Å². The average Bonchev–Trinajstić information content (AvgIpc) is 2.48. The van der Waals surface area contributed by atoms with Crippen molar-refractivity contribution < 1.29 is 19.4 Å². The molecule has 5 nitrogen and oxygen atoms in total. The summed E-state index contributed by atoms with van der Waals surface area (Å²) in [6.07, 6.45) is 0. The minimum Gasteiger partial charge on any atom is -0.466 e. The fourth-order valence-corrected chi connectivity index (χ4v) is 1.67. The Morgan fingerprint density at radius 1 is 1.35 bits per heavy atom. The van der Waals surface area contributed by atoms with Crippen LogP contribution >= 0.6 is 0 Å². The van der Waals surface area contributed by atoms with Crippen LogP contribution in [0.25, 0.3) is 0 Å². The highest BCUT2D eigenvalue weighted by Crippen LogP contribution is 2.00. The molecule has 0 bridgehead atoms. The molecule has 2 N–H and O–H groups in total. The monoisotopic (exact) mass is 281 g/mol. The fourth-order valence-electron chi connectivity index (χ4n) is 1.67. The number of nitrogens with one attached hydrogen (secondary N) is 1. The molecule has 0 aromatic heterocycles. The molecule has 20 heavy (non-hydrogen) atoms. The zero-order valence-electron chi connectivity index (χ0n) is 11.9. The van der Waals surface area contributed by atoms with Crippen LogP contribution in [0.5, 0.6) is 0 Å². The number of carbonyl (C=O) groups excluding carboxylic acids is 1. The Bertz CT molecular complexity index is 369. The first-order valence-corrected chi connectivity index (χ1v) is 6.87. The van der Waals surface area contributed by atoms with Gasteiger partial charge in [-0.3, -0.25) is 4.79 Å². The second kappa shape index (κ2) is 10.4. The summed E-state index contributed by atoms with van der Waals surface area (Å²) in [6.45, 7) is 4.01. The van der Waals surface area contributed by atoms with Gasteiger partial charge in [-0.2, -0.15) is 0 Å². The van der Waals surface area contributed by atoms with Crippen LogP contribution < -0.4 is 5.32 Å². The van der Waals surface area contributed by atoms with Crippen LogP contribution in [0.4, 0.5) is 0 Å².